The number of unbranched alkanes of at least 4 members (excludes halogenated alkanes) is 1. The van der Waals surface area contributed by atoms with E-state index in [1.165, 1.54) is 12.8 Å². The van der Waals surface area contributed by atoms with Gasteiger partial charge in [0.1, 0.15) is 0 Å². The highest BCUT2D eigenvalue weighted by Crippen LogP contribution is 2.08. The molecule has 4 nitrogen and oxygen atoms in total. The molecule has 0 spiro atoms. The zero-order valence-corrected chi connectivity index (χ0v) is 11.9. The summed E-state index contributed by atoms with van der Waals surface area (Å²) in [6, 6.07) is 0.432. The maximum Gasteiger partial charge on any atom is 0.317 e. The van der Waals surface area contributed by atoms with Crippen LogP contribution in [0.1, 0.15) is 52.4 Å². The predicted octanol–water partition coefficient (Wildman–Crippen LogP) is 2.78. The Morgan fingerprint density at radius 2 is 2.06 bits per heavy atom. The van der Waals surface area contributed by atoms with Crippen LogP contribution in [0, 0.1) is 0 Å². The lowest BCUT2D eigenvalue weighted by Crippen LogP contribution is -2.45. The molecule has 18 heavy (non-hydrogen) atoms. The van der Waals surface area contributed by atoms with E-state index in [1.54, 1.807) is 0 Å². The third-order valence-electron chi connectivity index (χ3n) is 3.38. The van der Waals surface area contributed by atoms with Crippen molar-refractivity contribution in [3.63, 3.8) is 0 Å². The van der Waals surface area contributed by atoms with Crippen molar-refractivity contribution in [2.75, 3.05) is 26.3 Å². The molecule has 1 rings (SSSR count). The number of nitrogens with zero attached hydrogens (tertiary/aromatic N) is 1. The van der Waals surface area contributed by atoms with E-state index >= 15 is 0 Å². The third-order valence-corrected chi connectivity index (χ3v) is 3.38. The van der Waals surface area contributed by atoms with Gasteiger partial charge >= 0.3 is 6.03 Å². The molecule has 0 radical (unpaired) electrons. The quantitative estimate of drug-likeness (QED) is 0.794. The van der Waals surface area contributed by atoms with Gasteiger partial charge in [-0.3, -0.25) is 0 Å². The lowest BCUT2D eigenvalue weighted by Gasteiger charge is -2.25. The van der Waals surface area contributed by atoms with E-state index in [0.29, 0.717) is 12.6 Å². The summed E-state index contributed by atoms with van der Waals surface area (Å²) in [5.74, 6) is 0. The average Bonchev–Trinajstić information content (AvgIpc) is 2.65. The summed E-state index contributed by atoms with van der Waals surface area (Å²) in [6.07, 6.45) is 6.62. The molecule has 1 N–H and O–H groups in total. The standard InChI is InChI=1S/C14H28N2O2/c1-3-5-8-13(7-4-2)15-14(17)16-9-6-11-18-12-10-16/h13H,3-12H2,1-2H3,(H,15,17)/t13-/m1/s1. The SMILES string of the molecule is CCCC[C@@H](CCC)NC(=O)N1CCCOCC1. The highest BCUT2D eigenvalue weighted by atomic mass is 16.5. The van der Waals surface area contributed by atoms with Crippen LogP contribution in [0.5, 0.6) is 0 Å². The second kappa shape index (κ2) is 9.20. The summed E-state index contributed by atoms with van der Waals surface area (Å²) in [6.45, 7) is 7.34. The Kier molecular flexibility index (Phi) is 7.81. The molecule has 106 valence electrons. The first kappa shape index (κ1) is 15.3. The van der Waals surface area contributed by atoms with Crippen molar-refractivity contribution in [3.8, 4) is 0 Å². The smallest absolute Gasteiger partial charge is 0.317 e. The van der Waals surface area contributed by atoms with E-state index in [9.17, 15) is 4.79 Å². The number of urea groups is 1. The summed E-state index contributed by atoms with van der Waals surface area (Å²) < 4.78 is 5.37. The molecule has 1 aliphatic heterocycles. The van der Waals surface area contributed by atoms with Gasteiger partial charge in [-0.15, -0.1) is 0 Å². The van der Waals surface area contributed by atoms with E-state index in [-0.39, 0.29) is 6.03 Å². The normalized spacial score (nSPS) is 18.2. The van der Waals surface area contributed by atoms with Crippen molar-refractivity contribution < 1.29 is 9.53 Å². The van der Waals surface area contributed by atoms with Crippen LogP contribution in [0.15, 0.2) is 0 Å². The Morgan fingerprint density at radius 3 is 2.78 bits per heavy atom. The molecular weight excluding hydrogens is 228 g/mol. The zero-order chi connectivity index (χ0) is 13.2. The Hall–Kier alpha value is -0.770. The first-order valence-electron chi connectivity index (χ1n) is 7.41. The van der Waals surface area contributed by atoms with E-state index in [0.717, 1.165) is 45.4 Å². The number of hydrogen-bond acceptors (Lipinski definition) is 2. The Balaban J connectivity index is 2.37. The van der Waals surface area contributed by atoms with Gasteiger partial charge in [-0.05, 0) is 19.3 Å². The first-order valence-corrected chi connectivity index (χ1v) is 7.41. The van der Waals surface area contributed by atoms with Crippen molar-refractivity contribution in [2.45, 2.75) is 58.4 Å². The molecule has 1 aliphatic rings. The molecule has 1 atom stereocenters. The minimum Gasteiger partial charge on any atom is -0.380 e. The molecule has 0 aromatic rings. The molecule has 0 unspecified atom stereocenters. The molecule has 1 saturated heterocycles. The van der Waals surface area contributed by atoms with Crippen molar-refractivity contribution in [1.29, 1.82) is 0 Å². The van der Waals surface area contributed by atoms with Gasteiger partial charge in [0.15, 0.2) is 0 Å². The number of ether oxygens (including phenoxy) is 1. The van der Waals surface area contributed by atoms with Crippen molar-refractivity contribution in [1.82, 2.24) is 10.2 Å². The molecule has 0 aliphatic carbocycles. The summed E-state index contributed by atoms with van der Waals surface area (Å²) in [4.78, 5) is 14.0. The molecule has 1 fully saturated rings. The van der Waals surface area contributed by atoms with Crippen molar-refractivity contribution >= 4 is 6.03 Å². The fourth-order valence-corrected chi connectivity index (χ4v) is 2.30. The molecule has 0 saturated carbocycles. The second-order valence-electron chi connectivity index (χ2n) is 5.03. The number of carbonyl (C=O) groups excluding carboxylic acids is 1. The summed E-state index contributed by atoms with van der Waals surface area (Å²) in [5.41, 5.74) is 0. The zero-order valence-electron chi connectivity index (χ0n) is 11.9. The minimum absolute atomic E-state index is 0.0926. The maximum atomic E-state index is 12.2. The van der Waals surface area contributed by atoms with Crippen LogP contribution in [0.4, 0.5) is 4.79 Å². The van der Waals surface area contributed by atoms with E-state index in [4.69, 9.17) is 4.74 Å². The summed E-state index contributed by atoms with van der Waals surface area (Å²) in [5, 5.41) is 3.18. The molecule has 1 heterocycles. The fraction of sp³-hybridized carbons (Fsp3) is 0.929. The number of amides is 2. The average molecular weight is 256 g/mol. The predicted molar refractivity (Wildman–Crippen MR) is 73.8 cm³/mol. The van der Waals surface area contributed by atoms with Crippen LogP contribution >= 0.6 is 0 Å². The van der Waals surface area contributed by atoms with Crippen molar-refractivity contribution in [2.24, 2.45) is 0 Å². The van der Waals surface area contributed by atoms with Gasteiger partial charge in [0.25, 0.3) is 0 Å². The highest BCUT2D eigenvalue weighted by molar-refractivity contribution is 5.74. The molecule has 0 aromatic heterocycles. The van der Waals surface area contributed by atoms with Gasteiger partial charge in [0, 0.05) is 25.7 Å². The Morgan fingerprint density at radius 1 is 1.22 bits per heavy atom. The highest BCUT2D eigenvalue weighted by Gasteiger charge is 2.18. The lowest BCUT2D eigenvalue weighted by molar-refractivity contribution is 0.141. The summed E-state index contributed by atoms with van der Waals surface area (Å²) in [7, 11) is 0. The molecule has 0 bridgehead atoms. The Bertz CT molecular complexity index is 226. The topological polar surface area (TPSA) is 41.6 Å². The van der Waals surface area contributed by atoms with Gasteiger partial charge in [-0.1, -0.05) is 33.1 Å². The van der Waals surface area contributed by atoms with Gasteiger partial charge in [0.2, 0.25) is 0 Å². The fourth-order valence-electron chi connectivity index (χ4n) is 2.30. The van der Waals surface area contributed by atoms with Crippen LogP contribution < -0.4 is 5.32 Å². The number of nitrogens with one attached hydrogen (secondary N) is 1. The molecular formula is C14H28N2O2. The lowest BCUT2D eigenvalue weighted by atomic mass is 10.1. The van der Waals surface area contributed by atoms with Gasteiger partial charge < -0.3 is 15.0 Å². The van der Waals surface area contributed by atoms with Gasteiger partial charge in [0.05, 0.1) is 6.61 Å². The maximum absolute atomic E-state index is 12.2. The van der Waals surface area contributed by atoms with Crippen LogP contribution in [0.3, 0.4) is 0 Å². The second-order valence-corrected chi connectivity index (χ2v) is 5.03. The molecule has 2 amide bonds. The van der Waals surface area contributed by atoms with Gasteiger partial charge in [-0.2, -0.15) is 0 Å². The van der Waals surface area contributed by atoms with Crippen molar-refractivity contribution in [3.05, 3.63) is 0 Å². The van der Waals surface area contributed by atoms with Gasteiger partial charge in [-0.25, -0.2) is 4.79 Å². The van der Waals surface area contributed by atoms with Crippen LogP contribution in [0.2, 0.25) is 0 Å². The van der Waals surface area contributed by atoms with Crippen LogP contribution in [-0.2, 0) is 4.74 Å². The molecule has 0 aromatic carbocycles. The van der Waals surface area contributed by atoms with E-state index in [1.807, 2.05) is 4.90 Å². The van der Waals surface area contributed by atoms with Crippen LogP contribution in [-0.4, -0.2) is 43.3 Å². The monoisotopic (exact) mass is 256 g/mol. The van der Waals surface area contributed by atoms with Crippen LogP contribution in [0.25, 0.3) is 0 Å². The minimum atomic E-state index is 0.0926. The summed E-state index contributed by atoms with van der Waals surface area (Å²) >= 11 is 0. The largest absolute Gasteiger partial charge is 0.380 e. The first-order chi connectivity index (χ1) is 8.77. The van der Waals surface area contributed by atoms with E-state index < -0.39 is 0 Å². The Labute approximate surface area is 111 Å². The number of rotatable bonds is 6. The third kappa shape index (κ3) is 5.71. The number of hydrogen-bond donors (Lipinski definition) is 1. The molecule has 4 heteroatoms. The van der Waals surface area contributed by atoms with E-state index in [2.05, 4.69) is 19.2 Å². The number of carbonyl (C=O) groups is 1.